The predicted molar refractivity (Wildman–Crippen MR) is 84.6 cm³/mol. The summed E-state index contributed by atoms with van der Waals surface area (Å²) in [5.74, 6) is 2.71. The Hall–Kier alpha value is -2.21. The number of rotatable bonds is 6. The van der Waals surface area contributed by atoms with E-state index in [1.807, 2.05) is 6.07 Å². The largest absolute Gasteiger partial charge is 0.496 e. The van der Waals surface area contributed by atoms with Gasteiger partial charge >= 0.3 is 5.97 Å². The number of hydrogen-bond donors (Lipinski definition) is 0. The summed E-state index contributed by atoms with van der Waals surface area (Å²) in [5.41, 5.74) is 0.305. The van der Waals surface area contributed by atoms with Gasteiger partial charge in [0.1, 0.15) is 11.3 Å². The molecular formula is C18H22O3. The Morgan fingerprint density at radius 3 is 2.71 bits per heavy atom. The van der Waals surface area contributed by atoms with E-state index in [4.69, 9.17) is 15.9 Å². The van der Waals surface area contributed by atoms with Crippen molar-refractivity contribution >= 4 is 5.97 Å². The second-order valence-corrected chi connectivity index (χ2v) is 5.11. The molecule has 112 valence electrons. The molecule has 0 bridgehead atoms. The number of ether oxygens (including phenoxy) is 2. The Balaban J connectivity index is 3.18. The average Bonchev–Trinajstić information content (AvgIpc) is 2.53. The van der Waals surface area contributed by atoms with Gasteiger partial charge in [0.2, 0.25) is 0 Å². The van der Waals surface area contributed by atoms with Crippen molar-refractivity contribution in [2.75, 3.05) is 7.11 Å². The summed E-state index contributed by atoms with van der Waals surface area (Å²) in [6.45, 7) is 9.42. The van der Waals surface area contributed by atoms with Crippen LogP contribution >= 0.6 is 0 Å². The molecule has 0 aliphatic rings. The van der Waals surface area contributed by atoms with Crippen molar-refractivity contribution in [3.63, 3.8) is 0 Å². The molecule has 1 aromatic rings. The van der Waals surface area contributed by atoms with Crippen molar-refractivity contribution in [2.45, 2.75) is 38.7 Å². The molecule has 0 saturated carbocycles. The first kappa shape index (κ1) is 16.8. The van der Waals surface area contributed by atoms with E-state index in [2.05, 4.69) is 26.3 Å². The van der Waals surface area contributed by atoms with Gasteiger partial charge in [-0.2, -0.15) is 0 Å². The molecule has 0 aliphatic heterocycles. The summed E-state index contributed by atoms with van der Waals surface area (Å²) < 4.78 is 10.6. The number of benzene rings is 1. The Morgan fingerprint density at radius 1 is 1.57 bits per heavy atom. The molecule has 3 nitrogen and oxygen atoms in total. The van der Waals surface area contributed by atoms with Gasteiger partial charge in [0, 0.05) is 0 Å². The van der Waals surface area contributed by atoms with E-state index in [-0.39, 0.29) is 0 Å². The molecule has 0 fully saturated rings. The highest BCUT2D eigenvalue weighted by Gasteiger charge is 2.25. The van der Waals surface area contributed by atoms with Crippen molar-refractivity contribution in [2.24, 2.45) is 0 Å². The third-order valence-electron chi connectivity index (χ3n) is 3.61. The van der Waals surface area contributed by atoms with E-state index < -0.39 is 11.6 Å². The van der Waals surface area contributed by atoms with Crippen LogP contribution in [-0.2, 0) is 4.74 Å². The molecule has 2 atom stereocenters. The van der Waals surface area contributed by atoms with E-state index >= 15 is 0 Å². The lowest BCUT2D eigenvalue weighted by Gasteiger charge is -2.21. The minimum atomic E-state index is -1.13. The van der Waals surface area contributed by atoms with Gasteiger partial charge in [-0.1, -0.05) is 32.4 Å². The molecular weight excluding hydrogens is 264 g/mol. The maximum Gasteiger partial charge on any atom is 0.343 e. The SMILES string of the molecule is C#CC(C)(C=C)OC(=O)c1cc(C(C)CC)ccc1OC. The molecule has 3 heteroatoms. The molecule has 21 heavy (non-hydrogen) atoms. The number of methoxy groups -OCH3 is 1. The number of carbonyl (C=O) groups excluding carboxylic acids is 1. The first-order chi connectivity index (χ1) is 9.90. The molecule has 1 rings (SSSR count). The molecule has 0 amide bonds. The number of hydrogen-bond acceptors (Lipinski definition) is 3. The Bertz CT molecular complexity index is 568. The van der Waals surface area contributed by atoms with E-state index in [1.165, 1.54) is 13.2 Å². The van der Waals surface area contributed by atoms with Crippen LogP contribution in [-0.4, -0.2) is 18.7 Å². The van der Waals surface area contributed by atoms with Gasteiger partial charge in [0.25, 0.3) is 0 Å². The lowest BCUT2D eigenvalue weighted by Crippen LogP contribution is -2.27. The minimum Gasteiger partial charge on any atom is -0.496 e. The zero-order valence-electron chi connectivity index (χ0n) is 13.1. The second kappa shape index (κ2) is 6.99. The van der Waals surface area contributed by atoms with Gasteiger partial charge < -0.3 is 9.47 Å². The summed E-state index contributed by atoms with van der Waals surface area (Å²) in [4.78, 5) is 12.4. The van der Waals surface area contributed by atoms with Crippen LogP contribution in [0.4, 0.5) is 0 Å². The molecule has 0 radical (unpaired) electrons. The minimum absolute atomic E-state index is 0.348. The van der Waals surface area contributed by atoms with Gasteiger partial charge in [-0.3, -0.25) is 0 Å². The smallest absolute Gasteiger partial charge is 0.343 e. The Labute approximate surface area is 127 Å². The standard InChI is InChI=1S/C18H22O3/c1-7-13(4)14-10-11-16(20-6)15(12-14)17(19)21-18(5,8-2)9-3/h2,9-13H,3,7H2,1,4-6H3. The van der Waals surface area contributed by atoms with Crippen LogP contribution in [0.2, 0.25) is 0 Å². The zero-order chi connectivity index (χ0) is 16.0. The highest BCUT2D eigenvalue weighted by Crippen LogP contribution is 2.27. The fraction of sp³-hybridized carbons (Fsp3) is 0.389. The van der Waals surface area contributed by atoms with Crippen LogP contribution in [0, 0.1) is 12.3 Å². The van der Waals surface area contributed by atoms with E-state index in [0.717, 1.165) is 12.0 Å². The van der Waals surface area contributed by atoms with Crippen LogP contribution in [0.25, 0.3) is 0 Å². The maximum atomic E-state index is 12.4. The van der Waals surface area contributed by atoms with Crippen molar-refractivity contribution in [3.05, 3.63) is 42.0 Å². The summed E-state index contributed by atoms with van der Waals surface area (Å²) in [6.07, 6.45) is 7.79. The molecule has 0 spiro atoms. The Morgan fingerprint density at radius 2 is 2.24 bits per heavy atom. The first-order valence-corrected chi connectivity index (χ1v) is 6.93. The predicted octanol–water partition coefficient (Wildman–Crippen LogP) is 3.94. The van der Waals surface area contributed by atoms with E-state index in [0.29, 0.717) is 17.2 Å². The van der Waals surface area contributed by atoms with E-state index in [1.54, 1.807) is 19.1 Å². The van der Waals surface area contributed by atoms with Crippen LogP contribution in [0.5, 0.6) is 5.75 Å². The highest BCUT2D eigenvalue weighted by atomic mass is 16.6. The van der Waals surface area contributed by atoms with Crippen LogP contribution < -0.4 is 4.74 Å². The topological polar surface area (TPSA) is 35.5 Å². The Kier molecular flexibility index (Phi) is 5.60. The molecule has 0 aromatic heterocycles. The van der Waals surface area contributed by atoms with Gasteiger partial charge in [0.15, 0.2) is 5.60 Å². The highest BCUT2D eigenvalue weighted by molar-refractivity contribution is 5.93. The van der Waals surface area contributed by atoms with Crippen molar-refractivity contribution < 1.29 is 14.3 Å². The molecule has 0 heterocycles. The third kappa shape index (κ3) is 3.88. The summed E-state index contributed by atoms with van der Waals surface area (Å²) in [6, 6.07) is 5.53. The fourth-order valence-electron chi connectivity index (χ4n) is 1.80. The monoisotopic (exact) mass is 286 g/mol. The fourth-order valence-corrected chi connectivity index (χ4v) is 1.80. The van der Waals surface area contributed by atoms with Crippen molar-refractivity contribution in [1.29, 1.82) is 0 Å². The van der Waals surface area contributed by atoms with Gasteiger partial charge in [-0.25, -0.2) is 4.79 Å². The second-order valence-electron chi connectivity index (χ2n) is 5.11. The quantitative estimate of drug-likeness (QED) is 0.451. The summed E-state index contributed by atoms with van der Waals surface area (Å²) in [7, 11) is 1.52. The maximum absolute atomic E-state index is 12.4. The van der Waals surface area contributed by atoms with Crippen molar-refractivity contribution in [3.8, 4) is 18.1 Å². The molecule has 0 saturated heterocycles. The lowest BCUT2D eigenvalue weighted by molar-refractivity contribution is 0.0280. The molecule has 0 aliphatic carbocycles. The normalized spacial score (nSPS) is 14.4. The summed E-state index contributed by atoms with van der Waals surface area (Å²) in [5, 5.41) is 0. The number of esters is 1. The molecule has 0 N–H and O–H groups in total. The van der Waals surface area contributed by atoms with Crippen LogP contribution in [0.3, 0.4) is 0 Å². The van der Waals surface area contributed by atoms with Crippen molar-refractivity contribution in [1.82, 2.24) is 0 Å². The van der Waals surface area contributed by atoms with Crippen LogP contribution in [0.15, 0.2) is 30.9 Å². The lowest BCUT2D eigenvalue weighted by atomic mass is 9.96. The summed E-state index contributed by atoms with van der Waals surface area (Å²) >= 11 is 0. The number of terminal acetylenes is 1. The first-order valence-electron chi connectivity index (χ1n) is 6.93. The molecule has 1 aromatic carbocycles. The third-order valence-corrected chi connectivity index (χ3v) is 3.61. The van der Waals surface area contributed by atoms with Gasteiger partial charge in [-0.15, -0.1) is 6.42 Å². The zero-order valence-corrected chi connectivity index (χ0v) is 13.1. The van der Waals surface area contributed by atoms with Crippen LogP contribution in [0.1, 0.15) is 49.0 Å². The molecule has 2 unspecified atom stereocenters. The number of carbonyl (C=O) groups is 1. The average molecular weight is 286 g/mol. The van der Waals surface area contributed by atoms with Gasteiger partial charge in [0.05, 0.1) is 7.11 Å². The van der Waals surface area contributed by atoms with Gasteiger partial charge in [-0.05, 0) is 43.0 Å². The van der Waals surface area contributed by atoms with E-state index in [9.17, 15) is 4.79 Å².